The predicted octanol–water partition coefficient (Wildman–Crippen LogP) is 1.78. The molecule has 0 aromatic carbocycles. The summed E-state index contributed by atoms with van der Waals surface area (Å²) in [6.45, 7) is 6.29. The van der Waals surface area contributed by atoms with Crippen molar-refractivity contribution in [2.24, 2.45) is 4.99 Å². The van der Waals surface area contributed by atoms with E-state index in [9.17, 15) is 0 Å². The third-order valence-electron chi connectivity index (χ3n) is 2.74. The monoisotopic (exact) mass is 273 g/mol. The number of rotatable bonds is 12. The highest BCUT2D eigenvalue weighted by atomic mass is 16.5. The minimum absolute atomic E-state index is 0.673. The van der Waals surface area contributed by atoms with E-state index in [0.717, 1.165) is 38.5 Å². The van der Waals surface area contributed by atoms with E-state index < -0.39 is 0 Å². The van der Waals surface area contributed by atoms with E-state index in [-0.39, 0.29) is 0 Å². The van der Waals surface area contributed by atoms with Gasteiger partial charge in [-0.1, -0.05) is 19.8 Å². The van der Waals surface area contributed by atoms with Crippen LogP contribution in [0.25, 0.3) is 0 Å². The van der Waals surface area contributed by atoms with E-state index in [1.165, 1.54) is 19.3 Å². The lowest BCUT2D eigenvalue weighted by molar-refractivity contribution is 0.0689. The van der Waals surface area contributed by atoms with Crippen LogP contribution in [0.4, 0.5) is 0 Å². The SMILES string of the molecule is CCCCCNC(=NC)NCCCCOCCOC. The van der Waals surface area contributed by atoms with Crippen LogP contribution in [0.1, 0.15) is 39.0 Å². The van der Waals surface area contributed by atoms with Crippen LogP contribution in [0, 0.1) is 0 Å². The topological polar surface area (TPSA) is 54.9 Å². The first kappa shape index (κ1) is 18.2. The normalized spacial score (nSPS) is 11.6. The van der Waals surface area contributed by atoms with E-state index in [0.29, 0.717) is 13.2 Å². The van der Waals surface area contributed by atoms with Crippen LogP contribution in [0.3, 0.4) is 0 Å². The Balaban J connectivity index is 3.32. The van der Waals surface area contributed by atoms with Gasteiger partial charge in [-0.05, 0) is 19.3 Å². The first-order valence-electron chi connectivity index (χ1n) is 7.36. The minimum atomic E-state index is 0.673. The standard InChI is InChI=1S/C14H31N3O2/c1-4-5-6-9-16-14(15-2)17-10-7-8-11-19-13-12-18-3/h4-13H2,1-3H3,(H2,15,16,17). The van der Waals surface area contributed by atoms with Gasteiger partial charge >= 0.3 is 0 Å². The molecule has 0 bridgehead atoms. The molecule has 0 saturated carbocycles. The molecule has 0 unspecified atom stereocenters. The molecule has 5 nitrogen and oxygen atoms in total. The minimum Gasteiger partial charge on any atom is -0.382 e. The molecule has 19 heavy (non-hydrogen) atoms. The molecule has 114 valence electrons. The van der Waals surface area contributed by atoms with Crippen molar-refractivity contribution in [3.8, 4) is 0 Å². The Morgan fingerprint density at radius 3 is 2.21 bits per heavy atom. The predicted molar refractivity (Wildman–Crippen MR) is 80.8 cm³/mol. The molecule has 0 amide bonds. The van der Waals surface area contributed by atoms with Gasteiger partial charge in [-0.3, -0.25) is 4.99 Å². The van der Waals surface area contributed by atoms with E-state index in [4.69, 9.17) is 9.47 Å². The van der Waals surface area contributed by atoms with E-state index in [1.807, 2.05) is 7.05 Å². The molecule has 0 spiro atoms. The Hall–Kier alpha value is -0.810. The Bertz CT molecular complexity index is 211. The van der Waals surface area contributed by atoms with Gasteiger partial charge in [-0.2, -0.15) is 0 Å². The van der Waals surface area contributed by atoms with Crippen LogP contribution >= 0.6 is 0 Å². The highest BCUT2D eigenvalue weighted by molar-refractivity contribution is 5.79. The van der Waals surface area contributed by atoms with Gasteiger partial charge in [0.15, 0.2) is 5.96 Å². The summed E-state index contributed by atoms with van der Waals surface area (Å²) in [5.74, 6) is 0.899. The Morgan fingerprint density at radius 1 is 0.947 bits per heavy atom. The fraction of sp³-hybridized carbons (Fsp3) is 0.929. The van der Waals surface area contributed by atoms with Crippen molar-refractivity contribution in [1.29, 1.82) is 0 Å². The van der Waals surface area contributed by atoms with Crippen LogP contribution in [-0.4, -0.2) is 53.0 Å². The molecule has 0 aliphatic heterocycles. The fourth-order valence-electron chi connectivity index (χ4n) is 1.58. The van der Waals surface area contributed by atoms with Crippen molar-refractivity contribution in [2.45, 2.75) is 39.0 Å². The van der Waals surface area contributed by atoms with Crippen LogP contribution in [0.5, 0.6) is 0 Å². The first-order valence-corrected chi connectivity index (χ1v) is 7.36. The summed E-state index contributed by atoms with van der Waals surface area (Å²) in [7, 11) is 3.50. The molecule has 0 aliphatic carbocycles. The highest BCUT2D eigenvalue weighted by Crippen LogP contribution is 1.91. The second-order valence-corrected chi connectivity index (χ2v) is 4.45. The molecule has 2 N–H and O–H groups in total. The summed E-state index contributed by atoms with van der Waals surface area (Å²) >= 11 is 0. The zero-order valence-electron chi connectivity index (χ0n) is 12.8. The van der Waals surface area contributed by atoms with Gasteiger partial charge in [0.2, 0.25) is 0 Å². The van der Waals surface area contributed by atoms with Crippen LogP contribution in [0.2, 0.25) is 0 Å². The number of hydrogen-bond donors (Lipinski definition) is 2. The molecular formula is C14H31N3O2. The van der Waals surface area contributed by atoms with Crippen LogP contribution in [0.15, 0.2) is 4.99 Å². The molecule has 0 fully saturated rings. The molecule has 0 atom stereocenters. The van der Waals surface area contributed by atoms with Gasteiger partial charge in [0.1, 0.15) is 0 Å². The van der Waals surface area contributed by atoms with E-state index >= 15 is 0 Å². The summed E-state index contributed by atoms with van der Waals surface area (Å²) in [4.78, 5) is 4.19. The number of hydrogen-bond acceptors (Lipinski definition) is 3. The van der Waals surface area contributed by atoms with Crippen molar-refractivity contribution in [2.75, 3.05) is 47.1 Å². The lowest BCUT2D eigenvalue weighted by Gasteiger charge is -2.11. The van der Waals surface area contributed by atoms with E-state index in [1.54, 1.807) is 7.11 Å². The quantitative estimate of drug-likeness (QED) is 0.323. The maximum Gasteiger partial charge on any atom is 0.190 e. The second-order valence-electron chi connectivity index (χ2n) is 4.45. The maximum atomic E-state index is 5.40. The Morgan fingerprint density at radius 2 is 1.63 bits per heavy atom. The molecule has 0 radical (unpaired) electrons. The van der Waals surface area contributed by atoms with Crippen molar-refractivity contribution in [1.82, 2.24) is 10.6 Å². The molecule has 0 aliphatic rings. The molecule has 5 heteroatoms. The van der Waals surface area contributed by atoms with Crippen molar-refractivity contribution in [3.05, 3.63) is 0 Å². The average molecular weight is 273 g/mol. The molecule has 0 heterocycles. The van der Waals surface area contributed by atoms with Crippen LogP contribution in [-0.2, 0) is 9.47 Å². The average Bonchev–Trinajstić information content (AvgIpc) is 2.44. The molecule has 0 rings (SSSR count). The summed E-state index contributed by atoms with van der Waals surface area (Å²) in [5, 5.41) is 6.62. The van der Waals surface area contributed by atoms with Gasteiger partial charge in [0.25, 0.3) is 0 Å². The van der Waals surface area contributed by atoms with E-state index in [2.05, 4.69) is 22.5 Å². The van der Waals surface area contributed by atoms with Gasteiger partial charge in [0, 0.05) is 33.9 Å². The summed E-state index contributed by atoms with van der Waals surface area (Å²) in [5.41, 5.74) is 0. The Kier molecular flexibility index (Phi) is 14.6. The number of ether oxygens (including phenoxy) is 2. The number of nitrogens with zero attached hydrogens (tertiary/aromatic N) is 1. The zero-order valence-corrected chi connectivity index (χ0v) is 12.8. The lowest BCUT2D eigenvalue weighted by Crippen LogP contribution is -2.38. The molecule has 0 aromatic heterocycles. The van der Waals surface area contributed by atoms with Gasteiger partial charge in [0.05, 0.1) is 13.2 Å². The van der Waals surface area contributed by atoms with Gasteiger partial charge in [-0.15, -0.1) is 0 Å². The second kappa shape index (κ2) is 15.2. The lowest BCUT2D eigenvalue weighted by atomic mass is 10.2. The maximum absolute atomic E-state index is 5.40. The number of unbranched alkanes of at least 4 members (excludes halogenated alkanes) is 3. The molecular weight excluding hydrogens is 242 g/mol. The van der Waals surface area contributed by atoms with Crippen molar-refractivity contribution < 1.29 is 9.47 Å². The van der Waals surface area contributed by atoms with Crippen molar-refractivity contribution >= 4 is 5.96 Å². The summed E-state index contributed by atoms with van der Waals surface area (Å²) < 4.78 is 10.3. The number of methoxy groups -OCH3 is 1. The first-order chi connectivity index (χ1) is 9.35. The molecule has 0 aromatic rings. The summed E-state index contributed by atoms with van der Waals surface area (Å²) in [6, 6.07) is 0. The molecule has 0 saturated heterocycles. The number of aliphatic imine (C=N–C) groups is 1. The number of guanidine groups is 1. The number of nitrogens with one attached hydrogen (secondary N) is 2. The van der Waals surface area contributed by atoms with Crippen LogP contribution < -0.4 is 10.6 Å². The highest BCUT2D eigenvalue weighted by Gasteiger charge is 1.96. The van der Waals surface area contributed by atoms with Gasteiger partial charge in [-0.25, -0.2) is 0 Å². The third kappa shape index (κ3) is 13.4. The van der Waals surface area contributed by atoms with Crippen molar-refractivity contribution in [3.63, 3.8) is 0 Å². The van der Waals surface area contributed by atoms with Gasteiger partial charge < -0.3 is 20.1 Å². The smallest absolute Gasteiger partial charge is 0.190 e. The zero-order chi connectivity index (χ0) is 14.2. The largest absolute Gasteiger partial charge is 0.382 e. The summed E-state index contributed by atoms with van der Waals surface area (Å²) in [6.07, 6.45) is 5.86. The Labute approximate surface area is 118 Å². The fourth-order valence-corrected chi connectivity index (χ4v) is 1.58. The third-order valence-corrected chi connectivity index (χ3v) is 2.74.